The lowest BCUT2D eigenvalue weighted by Crippen LogP contribution is -2.01. The second-order valence-electron chi connectivity index (χ2n) is 2.15. The van der Waals surface area contributed by atoms with Crippen LogP contribution in [0.25, 0.3) is 10.6 Å². The van der Waals surface area contributed by atoms with Gasteiger partial charge in [-0.1, -0.05) is 0 Å². The van der Waals surface area contributed by atoms with Crippen molar-refractivity contribution in [2.24, 2.45) is 0 Å². The molecule has 0 aliphatic rings. The fourth-order valence-corrected chi connectivity index (χ4v) is 0.910. The first kappa shape index (κ1) is 6.54. The van der Waals surface area contributed by atoms with Crippen molar-refractivity contribution in [3.8, 4) is 5.88 Å². The van der Waals surface area contributed by atoms with E-state index < -0.39 is 5.88 Å². The molecule has 2 aromatic rings. The van der Waals surface area contributed by atoms with Crippen molar-refractivity contribution < 1.29 is 5.11 Å². The van der Waals surface area contributed by atoms with Gasteiger partial charge in [0.1, 0.15) is 6.20 Å². The molecule has 0 N–H and O–H groups in total. The minimum Gasteiger partial charge on any atom is -0.853 e. The van der Waals surface area contributed by atoms with E-state index in [9.17, 15) is 5.11 Å². The Hall–Kier alpha value is -2.16. The van der Waals surface area contributed by atoms with E-state index in [1.807, 2.05) is 0 Å². The van der Waals surface area contributed by atoms with Crippen molar-refractivity contribution >= 4 is 11.3 Å². The summed E-state index contributed by atoms with van der Waals surface area (Å²) in [5.74, 6) is -0.479. The van der Waals surface area contributed by atoms with Crippen molar-refractivity contribution in [3.63, 3.8) is 0 Å². The van der Waals surface area contributed by atoms with Crippen LogP contribution in [0.4, 0.5) is 5.69 Å². The second-order valence-corrected chi connectivity index (χ2v) is 2.15. The van der Waals surface area contributed by atoms with Gasteiger partial charge in [0.2, 0.25) is 5.39 Å². The van der Waals surface area contributed by atoms with Gasteiger partial charge in [0.15, 0.2) is 10.6 Å². The van der Waals surface area contributed by atoms with Gasteiger partial charge in [-0.2, -0.15) is 5.10 Å². The highest BCUT2D eigenvalue weighted by Gasteiger charge is 2.09. The molecule has 2 rings (SSSR count). The Balaban J connectivity index is 2.89. The summed E-state index contributed by atoms with van der Waals surface area (Å²) in [4.78, 5) is 6.58. The van der Waals surface area contributed by atoms with Crippen molar-refractivity contribution in [2.75, 3.05) is 0 Å². The fraction of sp³-hybridized carbons (Fsp3) is 0. The Morgan fingerprint density at radius 2 is 2.42 bits per heavy atom. The normalized spacial score (nSPS) is 9.92. The van der Waals surface area contributed by atoms with Gasteiger partial charge < -0.3 is 5.11 Å². The number of rotatable bonds is 0. The predicted octanol–water partition coefficient (Wildman–Crippen LogP) is 0.287. The number of hydrogen-bond donors (Lipinski definition) is 0. The molecule has 0 atom stereocenters. The lowest BCUT2D eigenvalue weighted by Gasteiger charge is -2.01. The zero-order chi connectivity index (χ0) is 8.55. The van der Waals surface area contributed by atoms with Crippen LogP contribution < -0.4 is 5.11 Å². The zero-order valence-corrected chi connectivity index (χ0v) is 5.88. The van der Waals surface area contributed by atoms with Crippen LogP contribution in [0.5, 0.6) is 5.88 Å². The van der Waals surface area contributed by atoms with Gasteiger partial charge in [0.05, 0.1) is 12.1 Å². The number of aromatic nitrogens is 3. The highest BCUT2D eigenvalue weighted by atomic mass is 16.3. The molecule has 0 saturated heterocycles. The summed E-state index contributed by atoms with van der Waals surface area (Å²) >= 11 is 0. The molecule has 0 aliphatic carbocycles. The van der Waals surface area contributed by atoms with E-state index >= 15 is 0 Å². The largest absolute Gasteiger partial charge is 0.853 e. The maximum atomic E-state index is 11.2. The summed E-state index contributed by atoms with van der Waals surface area (Å²) in [5, 5.41) is 23.3. The molecule has 58 valence electrons. The van der Waals surface area contributed by atoms with E-state index in [4.69, 9.17) is 5.39 Å². The Morgan fingerprint density at radius 1 is 1.58 bits per heavy atom. The molecule has 0 bridgehead atoms. The zero-order valence-electron chi connectivity index (χ0n) is 5.88. The molecule has 0 aliphatic heterocycles. The summed E-state index contributed by atoms with van der Waals surface area (Å²) in [6.07, 6.45) is 2.64. The van der Waals surface area contributed by atoms with Crippen LogP contribution in [-0.2, 0) is 0 Å². The molecule has 0 amide bonds. The van der Waals surface area contributed by atoms with Crippen LogP contribution in [0.15, 0.2) is 18.5 Å². The van der Waals surface area contributed by atoms with E-state index in [1.54, 1.807) is 6.07 Å². The van der Waals surface area contributed by atoms with Crippen LogP contribution in [0.2, 0.25) is 0 Å². The Morgan fingerprint density at radius 3 is 3.17 bits per heavy atom. The fourth-order valence-electron chi connectivity index (χ4n) is 0.910. The van der Waals surface area contributed by atoms with Gasteiger partial charge in [-0.25, -0.2) is 9.50 Å². The number of hydrogen-bond acceptors (Lipinski definition) is 4. The summed E-state index contributed by atoms with van der Waals surface area (Å²) in [6.45, 7) is 0. The second kappa shape index (κ2) is 2.17. The molecule has 6 nitrogen and oxygen atoms in total. The maximum absolute atomic E-state index is 11.2. The quantitative estimate of drug-likeness (QED) is 0.520. The van der Waals surface area contributed by atoms with Crippen LogP contribution in [0.3, 0.4) is 0 Å². The molecule has 0 saturated carbocycles. The number of nitrogens with zero attached hydrogens (tertiary/aromatic N) is 5. The molecule has 0 radical (unpaired) electrons. The van der Waals surface area contributed by atoms with Crippen molar-refractivity contribution in [1.82, 2.24) is 14.6 Å². The standard InChI is InChI=1S/C6H3N5O/c7-10-4-3-8-5-1-2-9-11(5)6(4)12/h1-3H. The molecular weight excluding hydrogens is 158 g/mol. The van der Waals surface area contributed by atoms with E-state index in [0.717, 1.165) is 4.52 Å². The average molecular weight is 161 g/mol. The van der Waals surface area contributed by atoms with E-state index in [-0.39, 0.29) is 5.69 Å². The number of diazo groups is 1. The average Bonchev–Trinajstić information content (AvgIpc) is 2.53. The summed E-state index contributed by atoms with van der Waals surface area (Å²) in [6, 6.07) is 1.59. The first-order valence-corrected chi connectivity index (χ1v) is 3.18. The third-order valence-corrected chi connectivity index (χ3v) is 1.46. The van der Waals surface area contributed by atoms with Crippen LogP contribution >= 0.6 is 0 Å². The third-order valence-electron chi connectivity index (χ3n) is 1.46. The first-order valence-electron chi connectivity index (χ1n) is 3.18. The van der Waals surface area contributed by atoms with Gasteiger partial charge in [0, 0.05) is 6.07 Å². The highest BCUT2D eigenvalue weighted by molar-refractivity contribution is 5.55. The topological polar surface area (TPSA) is 81.4 Å². The molecule has 12 heavy (non-hydrogen) atoms. The molecule has 2 heterocycles. The lowest BCUT2D eigenvalue weighted by atomic mass is 10.5. The molecule has 0 spiro atoms. The molecule has 0 unspecified atom stereocenters. The maximum Gasteiger partial charge on any atom is 0.413 e. The summed E-state index contributed by atoms with van der Waals surface area (Å²) in [5.41, 5.74) is 0.318. The number of fused-ring (bicyclic) bond motifs is 1. The monoisotopic (exact) mass is 161 g/mol. The molecule has 2 aromatic heterocycles. The Labute approximate surface area is 66.7 Å². The summed E-state index contributed by atoms with van der Waals surface area (Å²) in [7, 11) is 0. The first-order chi connectivity index (χ1) is 5.83. The lowest BCUT2D eigenvalue weighted by molar-refractivity contribution is -0.276. The van der Waals surface area contributed by atoms with Crippen LogP contribution in [-0.4, -0.2) is 14.6 Å². The van der Waals surface area contributed by atoms with E-state index in [2.05, 4.69) is 15.1 Å². The van der Waals surface area contributed by atoms with Crippen molar-refractivity contribution in [2.45, 2.75) is 0 Å². The third kappa shape index (κ3) is 0.703. The minimum absolute atomic E-state index is 0.119. The predicted molar refractivity (Wildman–Crippen MR) is 37.2 cm³/mol. The van der Waals surface area contributed by atoms with E-state index in [0.29, 0.717) is 5.65 Å². The molecular formula is C6H3N5O. The SMILES string of the molecule is N#[N+]c1cnc2ccnn2c1[O-]. The van der Waals surface area contributed by atoms with Crippen LogP contribution in [0, 0.1) is 5.39 Å². The van der Waals surface area contributed by atoms with Crippen LogP contribution in [0.1, 0.15) is 0 Å². The van der Waals surface area contributed by atoms with Gasteiger partial charge >= 0.3 is 5.69 Å². The molecule has 0 aromatic carbocycles. The smallest absolute Gasteiger partial charge is 0.413 e. The minimum atomic E-state index is -0.479. The van der Waals surface area contributed by atoms with Crippen molar-refractivity contribution in [1.29, 1.82) is 5.39 Å². The Kier molecular flexibility index (Phi) is 1.18. The molecule has 0 fully saturated rings. The van der Waals surface area contributed by atoms with E-state index in [1.165, 1.54) is 12.4 Å². The van der Waals surface area contributed by atoms with Gasteiger partial charge in [-0.3, -0.25) is 0 Å². The highest BCUT2D eigenvalue weighted by Crippen LogP contribution is 2.21. The van der Waals surface area contributed by atoms with Gasteiger partial charge in [0.25, 0.3) is 0 Å². The van der Waals surface area contributed by atoms with Crippen molar-refractivity contribution in [3.05, 3.63) is 23.4 Å². The summed E-state index contributed by atoms with van der Waals surface area (Å²) < 4.78 is 1.06. The Bertz CT molecular complexity index is 468. The van der Waals surface area contributed by atoms with Gasteiger partial charge in [-0.15, -0.1) is 0 Å². The van der Waals surface area contributed by atoms with Gasteiger partial charge in [-0.05, 0) is 0 Å². The molecule has 6 heteroatoms.